The molecule has 5 heteroatoms. The smallest absolute Gasteiger partial charge is 0.193 e. The van der Waals surface area contributed by atoms with E-state index in [1.807, 2.05) is 19.2 Å². The predicted molar refractivity (Wildman–Crippen MR) is 104 cm³/mol. The average Bonchev–Trinajstić information content (AvgIpc) is 3.03. The van der Waals surface area contributed by atoms with Gasteiger partial charge in [-0.25, -0.2) is 0 Å². The van der Waals surface area contributed by atoms with Crippen molar-refractivity contribution in [2.75, 3.05) is 20.6 Å². The van der Waals surface area contributed by atoms with Gasteiger partial charge in [-0.1, -0.05) is 24.3 Å². The number of fused-ring (bicyclic) bond motifs is 1. The van der Waals surface area contributed by atoms with Crippen LogP contribution in [0.1, 0.15) is 11.4 Å². The highest BCUT2D eigenvalue weighted by atomic mass is 15.3. The van der Waals surface area contributed by atoms with Gasteiger partial charge in [0.05, 0.1) is 12.1 Å². The number of guanidine groups is 1. The molecule has 0 aliphatic rings. The molecule has 3 rings (SSSR count). The van der Waals surface area contributed by atoms with Crippen LogP contribution < -0.4 is 5.32 Å². The van der Waals surface area contributed by atoms with Gasteiger partial charge in [0.2, 0.25) is 0 Å². The quantitative estimate of drug-likeness (QED) is 0.576. The Morgan fingerprint density at radius 2 is 2.00 bits per heavy atom. The third-order valence-corrected chi connectivity index (χ3v) is 4.34. The second kappa shape index (κ2) is 7.83. The molecule has 130 valence electrons. The summed E-state index contributed by atoms with van der Waals surface area (Å²) in [5, 5.41) is 4.60. The van der Waals surface area contributed by atoms with Crippen LogP contribution in [0, 0.1) is 0 Å². The van der Waals surface area contributed by atoms with E-state index in [2.05, 4.69) is 76.5 Å². The fourth-order valence-corrected chi connectivity index (χ4v) is 2.91. The third-order valence-electron chi connectivity index (χ3n) is 4.34. The Morgan fingerprint density at radius 1 is 1.16 bits per heavy atom. The minimum Gasteiger partial charge on any atom is -0.356 e. The van der Waals surface area contributed by atoms with Gasteiger partial charge in [-0.3, -0.25) is 9.98 Å². The predicted octanol–water partition coefficient (Wildman–Crippen LogP) is 2.82. The number of nitrogens with zero attached hydrogens (tertiary/aromatic N) is 4. The van der Waals surface area contributed by atoms with E-state index in [0.29, 0.717) is 0 Å². The van der Waals surface area contributed by atoms with E-state index in [1.165, 1.54) is 11.1 Å². The van der Waals surface area contributed by atoms with Crippen LogP contribution in [0.15, 0.2) is 59.7 Å². The molecular weight excluding hydrogens is 310 g/mol. The molecule has 0 aliphatic carbocycles. The van der Waals surface area contributed by atoms with Crippen molar-refractivity contribution >= 4 is 16.9 Å². The maximum absolute atomic E-state index is 4.72. The monoisotopic (exact) mass is 335 g/mol. The van der Waals surface area contributed by atoms with Gasteiger partial charge < -0.3 is 14.8 Å². The van der Waals surface area contributed by atoms with Crippen LogP contribution in [-0.2, 0) is 20.0 Å². The van der Waals surface area contributed by atoms with Gasteiger partial charge in [0.15, 0.2) is 5.96 Å². The van der Waals surface area contributed by atoms with Gasteiger partial charge in [-0.2, -0.15) is 0 Å². The Morgan fingerprint density at radius 3 is 2.76 bits per heavy atom. The molecule has 0 bridgehead atoms. The van der Waals surface area contributed by atoms with Crippen molar-refractivity contribution in [3.63, 3.8) is 0 Å². The molecule has 0 fully saturated rings. The fourth-order valence-electron chi connectivity index (χ4n) is 2.91. The first-order valence-corrected chi connectivity index (χ1v) is 8.54. The summed E-state index contributed by atoms with van der Waals surface area (Å²) in [6.45, 7) is 1.62. The summed E-state index contributed by atoms with van der Waals surface area (Å²) in [6, 6.07) is 16.6. The lowest BCUT2D eigenvalue weighted by atomic mass is 10.2. The van der Waals surface area contributed by atoms with Crippen LogP contribution in [0.5, 0.6) is 0 Å². The molecule has 0 saturated carbocycles. The normalized spacial score (nSPS) is 11.7. The summed E-state index contributed by atoms with van der Waals surface area (Å²) in [4.78, 5) is 11.2. The molecule has 2 heterocycles. The first-order chi connectivity index (χ1) is 12.2. The topological polar surface area (TPSA) is 45.5 Å². The number of benzene rings is 1. The largest absolute Gasteiger partial charge is 0.356 e. The van der Waals surface area contributed by atoms with E-state index < -0.39 is 0 Å². The number of pyridine rings is 1. The van der Waals surface area contributed by atoms with Crippen molar-refractivity contribution in [3.05, 3.63) is 66.1 Å². The lowest BCUT2D eigenvalue weighted by Crippen LogP contribution is -2.39. The highest BCUT2D eigenvalue weighted by molar-refractivity contribution is 5.80. The molecule has 0 unspecified atom stereocenters. The molecule has 0 amide bonds. The Hall–Kier alpha value is -2.82. The summed E-state index contributed by atoms with van der Waals surface area (Å²) in [5.74, 6) is 0.891. The summed E-state index contributed by atoms with van der Waals surface area (Å²) in [7, 11) is 5.93. The maximum atomic E-state index is 4.72. The van der Waals surface area contributed by atoms with Crippen LogP contribution >= 0.6 is 0 Å². The third kappa shape index (κ3) is 4.18. The molecule has 5 nitrogen and oxygen atoms in total. The highest BCUT2D eigenvalue weighted by Gasteiger charge is 2.08. The average molecular weight is 335 g/mol. The Labute approximate surface area is 149 Å². The van der Waals surface area contributed by atoms with Crippen LogP contribution in [0.2, 0.25) is 0 Å². The zero-order valence-electron chi connectivity index (χ0n) is 15.1. The lowest BCUT2D eigenvalue weighted by molar-refractivity contribution is 0.462. The molecule has 1 aromatic carbocycles. The van der Waals surface area contributed by atoms with E-state index in [1.54, 1.807) is 0 Å². The van der Waals surface area contributed by atoms with Gasteiger partial charge in [-0.05, 0) is 24.3 Å². The van der Waals surface area contributed by atoms with Crippen molar-refractivity contribution < 1.29 is 0 Å². The van der Waals surface area contributed by atoms with E-state index in [-0.39, 0.29) is 0 Å². The van der Waals surface area contributed by atoms with Crippen LogP contribution in [0.25, 0.3) is 10.9 Å². The molecule has 0 atom stereocenters. The minimum atomic E-state index is 0.801. The SMILES string of the molecule is CN=C(NCCc1ccc2ccccc2n1)N(C)Cc1cccn1C. The minimum absolute atomic E-state index is 0.801. The van der Waals surface area contributed by atoms with Crippen LogP contribution in [0.3, 0.4) is 0 Å². The number of nitrogens with one attached hydrogen (secondary N) is 1. The summed E-state index contributed by atoms with van der Waals surface area (Å²) >= 11 is 0. The summed E-state index contributed by atoms with van der Waals surface area (Å²) in [5.41, 5.74) is 3.39. The zero-order valence-corrected chi connectivity index (χ0v) is 15.1. The van der Waals surface area contributed by atoms with Gasteiger partial charge in [0.25, 0.3) is 0 Å². The number of para-hydroxylation sites is 1. The first-order valence-electron chi connectivity index (χ1n) is 8.54. The molecule has 0 aliphatic heterocycles. The molecule has 3 aromatic rings. The Bertz CT molecular complexity index is 865. The van der Waals surface area contributed by atoms with E-state index in [9.17, 15) is 0 Å². The van der Waals surface area contributed by atoms with Crippen molar-refractivity contribution in [2.45, 2.75) is 13.0 Å². The molecular formula is C20H25N5. The van der Waals surface area contributed by atoms with E-state index >= 15 is 0 Å². The Balaban J connectivity index is 1.56. The first kappa shape index (κ1) is 17.0. The van der Waals surface area contributed by atoms with Crippen molar-refractivity contribution in [1.29, 1.82) is 0 Å². The van der Waals surface area contributed by atoms with Crippen LogP contribution in [-0.4, -0.2) is 41.1 Å². The summed E-state index contributed by atoms with van der Waals surface area (Å²) in [6.07, 6.45) is 2.92. The molecule has 1 N–H and O–H groups in total. The van der Waals surface area contributed by atoms with Crippen molar-refractivity contribution in [1.82, 2.24) is 19.8 Å². The highest BCUT2D eigenvalue weighted by Crippen LogP contribution is 2.12. The molecule has 25 heavy (non-hydrogen) atoms. The number of hydrogen-bond acceptors (Lipinski definition) is 2. The number of aryl methyl sites for hydroxylation is 1. The number of hydrogen-bond donors (Lipinski definition) is 1. The van der Waals surface area contributed by atoms with Gasteiger partial charge in [0.1, 0.15) is 0 Å². The number of rotatable bonds is 5. The standard InChI is InChI=1S/C20H25N5/c1-21-20(25(3)15-18-8-6-14-24(18)2)22-13-12-17-11-10-16-7-4-5-9-19(16)23-17/h4-11,14H,12-13,15H2,1-3H3,(H,21,22). The summed E-state index contributed by atoms with van der Waals surface area (Å²) < 4.78 is 2.13. The van der Waals surface area contributed by atoms with E-state index in [4.69, 9.17) is 4.98 Å². The lowest BCUT2D eigenvalue weighted by Gasteiger charge is -2.22. The fraction of sp³-hybridized carbons (Fsp3) is 0.300. The molecule has 0 saturated heterocycles. The van der Waals surface area contributed by atoms with Crippen molar-refractivity contribution in [3.8, 4) is 0 Å². The van der Waals surface area contributed by atoms with Gasteiger partial charge in [0, 0.05) is 57.1 Å². The maximum Gasteiger partial charge on any atom is 0.193 e. The number of aliphatic imine (C=N–C) groups is 1. The van der Waals surface area contributed by atoms with Crippen LogP contribution in [0.4, 0.5) is 0 Å². The molecule has 0 spiro atoms. The molecule has 2 aromatic heterocycles. The Kier molecular flexibility index (Phi) is 5.33. The zero-order chi connectivity index (χ0) is 17.6. The van der Waals surface area contributed by atoms with Gasteiger partial charge >= 0.3 is 0 Å². The second-order valence-corrected chi connectivity index (χ2v) is 6.19. The van der Waals surface area contributed by atoms with Crippen molar-refractivity contribution in [2.24, 2.45) is 12.0 Å². The number of aromatic nitrogens is 2. The molecule has 0 radical (unpaired) electrons. The second-order valence-electron chi connectivity index (χ2n) is 6.19. The van der Waals surface area contributed by atoms with Gasteiger partial charge in [-0.15, -0.1) is 0 Å². The van der Waals surface area contributed by atoms with E-state index in [0.717, 1.165) is 36.7 Å².